The molecule has 0 atom stereocenters. The van der Waals surface area contributed by atoms with Gasteiger partial charge in [-0.05, 0) is 50.0 Å². The van der Waals surface area contributed by atoms with Gasteiger partial charge in [-0.25, -0.2) is 4.98 Å². The van der Waals surface area contributed by atoms with Crippen LogP contribution in [0.5, 0.6) is 0 Å². The fourth-order valence-electron chi connectivity index (χ4n) is 4.69. The van der Waals surface area contributed by atoms with Crippen molar-refractivity contribution in [3.63, 3.8) is 0 Å². The topological polar surface area (TPSA) is 78.1 Å². The molecule has 170 valence electrons. The molecule has 2 N–H and O–H groups in total. The molecule has 6 nitrogen and oxygen atoms in total. The Kier molecular flexibility index (Phi) is 7.72. The molecule has 2 aromatic heterocycles. The minimum Gasteiger partial charge on any atom is -0.353 e. The van der Waals surface area contributed by atoms with E-state index in [-0.39, 0.29) is 11.5 Å². The van der Waals surface area contributed by atoms with Crippen LogP contribution >= 0.6 is 23.1 Å². The van der Waals surface area contributed by atoms with Gasteiger partial charge in [-0.15, -0.1) is 11.3 Å². The van der Waals surface area contributed by atoms with Crippen LogP contribution in [0.4, 0.5) is 0 Å². The van der Waals surface area contributed by atoms with Crippen molar-refractivity contribution in [3.05, 3.63) is 26.6 Å². The van der Waals surface area contributed by atoms with E-state index in [1.807, 2.05) is 0 Å². The normalized spacial score (nSPS) is 17.9. The van der Waals surface area contributed by atoms with Gasteiger partial charge in [-0.3, -0.25) is 9.59 Å². The summed E-state index contributed by atoms with van der Waals surface area (Å²) in [5.74, 6) is 2.92. The second-order valence-corrected chi connectivity index (χ2v) is 11.4. The Labute approximate surface area is 192 Å². The number of nitrogens with one attached hydrogen (secondary N) is 2. The highest BCUT2D eigenvalue weighted by molar-refractivity contribution is 7.98. The Morgan fingerprint density at radius 3 is 2.84 bits per heavy atom. The second kappa shape index (κ2) is 10.5. The van der Waals surface area contributed by atoms with Crippen molar-refractivity contribution in [2.75, 3.05) is 25.4 Å². The second-order valence-electron chi connectivity index (χ2n) is 9.24. The molecule has 0 unspecified atom stereocenters. The number of aromatic amines is 1. The number of nitrogens with zero attached hydrogens (tertiary/aromatic N) is 2. The monoisotopic (exact) mass is 462 g/mol. The average molecular weight is 463 g/mol. The standard InChI is InChI=1S/C23H34N4O2S2/c1-15(2)13-27-10-7-16(8-11-27)24-20(28)9-12-30-14-19-25-22(29)21-17-5-3-4-6-18(17)31-23(21)26-19/h15-16H,3-14H2,1-2H3,(H,24,28)(H,25,26,29). The Balaban J connectivity index is 1.21. The van der Waals surface area contributed by atoms with Gasteiger partial charge < -0.3 is 15.2 Å². The maximum absolute atomic E-state index is 12.6. The third-order valence-corrected chi connectivity index (χ3v) is 8.32. The summed E-state index contributed by atoms with van der Waals surface area (Å²) in [7, 11) is 0. The summed E-state index contributed by atoms with van der Waals surface area (Å²) in [4.78, 5) is 37.3. The first-order chi connectivity index (χ1) is 15.0. The third-order valence-electron chi connectivity index (χ3n) is 6.16. The zero-order valence-corrected chi connectivity index (χ0v) is 20.3. The zero-order valence-electron chi connectivity index (χ0n) is 18.7. The Bertz CT molecular complexity index is 960. The Hall–Kier alpha value is -1.38. The van der Waals surface area contributed by atoms with Gasteiger partial charge in [0.1, 0.15) is 10.7 Å². The van der Waals surface area contributed by atoms with Crippen LogP contribution in [-0.2, 0) is 23.4 Å². The molecule has 4 rings (SSSR count). The number of likely N-dealkylation sites (tertiary alicyclic amines) is 1. The van der Waals surface area contributed by atoms with E-state index < -0.39 is 0 Å². The lowest BCUT2D eigenvalue weighted by Gasteiger charge is -2.33. The van der Waals surface area contributed by atoms with E-state index in [0.717, 1.165) is 73.5 Å². The molecule has 0 saturated carbocycles. The number of hydrogen-bond acceptors (Lipinski definition) is 6. The maximum atomic E-state index is 12.6. The van der Waals surface area contributed by atoms with Crippen molar-refractivity contribution in [3.8, 4) is 0 Å². The fraction of sp³-hybridized carbons (Fsp3) is 0.696. The van der Waals surface area contributed by atoms with Crippen molar-refractivity contribution in [1.29, 1.82) is 0 Å². The van der Waals surface area contributed by atoms with Crippen molar-refractivity contribution < 1.29 is 4.79 Å². The highest BCUT2D eigenvalue weighted by Gasteiger charge is 2.21. The number of aromatic nitrogens is 2. The van der Waals surface area contributed by atoms with Crippen LogP contribution in [0.15, 0.2) is 4.79 Å². The number of rotatable bonds is 8. The summed E-state index contributed by atoms with van der Waals surface area (Å²) < 4.78 is 0. The number of hydrogen-bond donors (Lipinski definition) is 2. The largest absolute Gasteiger partial charge is 0.353 e. The quantitative estimate of drug-likeness (QED) is 0.585. The number of thiophene rings is 1. The van der Waals surface area contributed by atoms with Crippen molar-refractivity contribution >= 4 is 39.2 Å². The van der Waals surface area contributed by atoms with Crippen LogP contribution in [0.2, 0.25) is 0 Å². The SMILES string of the molecule is CC(C)CN1CCC(NC(=O)CCSCc2nc3sc4c(c3c(=O)[nH]2)CCCC4)CC1. The van der Waals surface area contributed by atoms with Crippen LogP contribution in [0.3, 0.4) is 0 Å². The van der Waals surface area contributed by atoms with E-state index in [0.29, 0.717) is 24.1 Å². The molecule has 0 aromatic carbocycles. The molecule has 2 aliphatic rings. The van der Waals surface area contributed by atoms with Gasteiger partial charge >= 0.3 is 0 Å². The van der Waals surface area contributed by atoms with E-state index in [9.17, 15) is 9.59 Å². The lowest BCUT2D eigenvalue weighted by atomic mass is 9.97. The first-order valence-corrected chi connectivity index (χ1v) is 13.6. The van der Waals surface area contributed by atoms with Gasteiger partial charge in [-0.1, -0.05) is 13.8 Å². The first kappa shape index (κ1) is 22.8. The molecule has 8 heteroatoms. The van der Waals surface area contributed by atoms with Crippen LogP contribution in [0, 0.1) is 5.92 Å². The number of carbonyl (C=O) groups excluding carboxylic acids is 1. The van der Waals surface area contributed by atoms with Gasteiger partial charge in [0.25, 0.3) is 5.56 Å². The summed E-state index contributed by atoms with van der Waals surface area (Å²) in [5, 5.41) is 4.01. The molecule has 2 aromatic rings. The lowest BCUT2D eigenvalue weighted by molar-refractivity contribution is -0.121. The molecule has 0 spiro atoms. The van der Waals surface area contributed by atoms with Gasteiger partial charge in [0.2, 0.25) is 5.91 Å². The molecule has 1 saturated heterocycles. The fourth-order valence-corrected chi connectivity index (χ4v) is 6.77. The smallest absolute Gasteiger partial charge is 0.259 e. The van der Waals surface area contributed by atoms with E-state index >= 15 is 0 Å². The number of amides is 1. The number of H-pyrrole nitrogens is 1. The summed E-state index contributed by atoms with van der Waals surface area (Å²) in [6.07, 6.45) is 7.04. The predicted octanol–water partition coefficient (Wildman–Crippen LogP) is 3.72. The molecular formula is C23H34N4O2S2. The van der Waals surface area contributed by atoms with Crippen LogP contribution < -0.4 is 10.9 Å². The predicted molar refractivity (Wildman–Crippen MR) is 130 cm³/mol. The number of aryl methyl sites for hydroxylation is 2. The minimum atomic E-state index is 0.00144. The number of piperidine rings is 1. The molecule has 1 aliphatic heterocycles. The summed E-state index contributed by atoms with van der Waals surface area (Å²) in [6.45, 7) is 7.80. The van der Waals surface area contributed by atoms with E-state index in [1.54, 1.807) is 23.1 Å². The molecule has 31 heavy (non-hydrogen) atoms. The van der Waals surface area contributed by atoms with Crippen molar-refractivity contribution in [1.82, 2.24) is 20.2 Å². The maximum Gasteiger partial charge on any atom is 0.259 e. The molecule has 1 amide bonds. The van der Waals surface area contributed by atoms with Gasteiger partial charge in [0.05, 0.1) is 11.1 Å². The molecule has 1 fully saturated rings. The van der Waals surface area contributed by atoms with Crippen molar-refractivity contribution in [2.45, 2.75) is 70.6 Å². The summed E-state index contributed by atoms with van der Waals surface area (Å²) in [6, 6.07) is 0.311. The van der Waals surface area contributed by atoms with E-state index in [1.165, 1.54) is 16.9 Å². The van der Waals surface area contributed by atoms with Gasteiger partial charge in [0, 0.05) is 42.7 Å². The van der Waals surface area contributed by atoms with Crippen molar-refractivity contribution in [2.24, 2.45) is 5.92 Å². The van der Waals surface area contributed by atoms with Gasteiger partial charge in [-0.2, -0.15) is 11.8 Å². The minimum absolute atomic E-state index is 0.00144. The number of thioether (sulfide) groups is 1. The lowest BCUT2D eigenvalue weighted by Crippen LogP contribution is -2.45. The molecule has 1 aliphatic carbocycles. The summed E-state index contributed by atoms with van der Waals surface area (Å²) in [5.41, 5.74) is 1.23. The third kappa shape index (κ3) is 5.90. The molecule has 3 heterocycles. The zero-order chi connectivity index (χ0) is 21.8. The Morgan fingerprint density at radius 1 is 1.29 bits per heavy atom. The molecule has 0 bridgehead atoms. The van der Waals surface area contributed by atoms with Gasteiger partial charge in [0.15, 0.2) is 0 Å². The first-order valence-electron chi connectivity index (χ1n) is 11.6. The number of fused-ring (bicyclic) bond motifs is 3. The molecule has 0 radical (unpaired) electrons. The van der Waals surface area contributed by atoms with Crippen LogP contribution in [0.25, 0.3) is 10.2 Å². The Morgan fingerprint density at radius 2 is 2.06 bits per heavy atom. The average Bonchev–Trinajstić information content (AvgIpc) is 3.11. The van der Waals surface area contributed by atoms with E-state index in [4.69, 9.17) is 4.98 Å². The van der Waals surface area contributed by atoms with E-state index in [2.05, 4.69) is 29.0 Å². The summed E-state index contributed by atoms with van der Waals surface area (Å²) >= 11 is 3.35. The number of carbonyl (C=O) groups is 1. The van der Waals surface area contributed by atoms with Crippen LogP contribution in [0.1, 0.15) is 62.2 Å². The molecular weight excluding hydrogens is 428 g/mol. The highest BCUT2D eigenvalue weighted by Crippen LogP contribution is 2.33. The van der Waals surface area contributed by atoms with Crippen LogP contribution in [-0.4, -0.2) is 52.2 Å². The highest BCUT2D eigenvalue weighted by atomic mass is 32.2.